The van der Waals surface area contributed by atoms with Gasteiger partial charge in [-0.05, 0) is 19.1 Å². The lowest BCUT2D eigenvalue weighted by molar-refractivity contribution is -0.142. The Labute approximate surface area is 82.4 Å². The molecule has 0 rings (SSSR count). The standard InChI is InChI=1S/C8H14N2O2S/c1-6(5-9)13-4-3-7(10)8(11)12-2/h6-7H,3-4,10H2,1-2H3. The van der Waals surface area contributed by atoms with Gasteiger partial charge in [-0.1, -0.05) is 0 Å². The summed E-state index contributed by atoms with van der Waals surface area (Å²) in [5.74, 6) is 0.301. The van der Waals surface area contributed by atoms with Crippen LogP contribution in [0.3, 0.4) is 0 Å². The second kappa shape index (κ2) is 6.75. The van der Waals surface area contributed by atoms with Crippen LogP contribution in [-0.2, 0) is 9.53 Å². The highest BCUT2D eigenvalue weighted by Crippen LogP contribution is 2.11. The molecule has 0 aliphatic rings. The third kappa shape index (κ3) is 5.50. The van der Waals surface area contributed by atoms with Crippen LogP contribution in [0.2, 0.25) is 0 Å². The lowest BCUT2D eigenvalue weighted by Crippen LogP contribution is -2.32. The average molecular weight is 202 g/mol. The summed E-state index contributed by atoms with van der Waals surface area (Å²) in [5, 5.41) is 8.41. The summed E-state index contributed by atoms with van der Waals surface area (Å²) < 4.78 is 4.46. The van der Waals surface area contributed by atoms with Crippen molar-refractivity contribution in [1.29, 1.82) is 5.26 Å². The van der Waals surface area contributed by atoms with Crippen molar-refractivity contribution in [2.45, 2.75) is 24.6 Å². The number of carbonyl (C=O) groups is 1. The molecule has 0 aliphatic heterocycles. The third-order valence-corrected chi connectivity index (χ3v) is 2.56. The van der Waals surface area contributed by atoms with E-state index in [2.05, 4.69) is 10.8 Å². The number of nitrogens with zero attached hydrogens (tertiary/aromatic N) is 1. The maximum absolute atomic E-state index is 10.8. The monoisotopic (exact) mass is 202 g/mol. The molecule has 0 heterocycles. The first-order chi connectivity index (χ1) is 6.11. The van der Waals surface area contributed by atoms with E-state index in [1.807, 2.05) is 6.92 Å². The summed E-state index contributed by atoms with van der Waals surface area (Å²) in [4.78, 5) is 10.8. The van der Waals surface area contributed by atoms with Gasteiger partial charge in [-0.15, -0.1) is 11.8 Å². The first kappa shape index (κ1) is 12.3. The number of carbonyl (C=O) groups excluding carboxylic acids is 1. The van der Waals surface area contributed by atoms with E-state index >= 15 is 0 Å². The van der Waals surface area contributed by atoms with E-state index in [9.17, 15) is 4.79 Å². The maximum atomic E-state index is 10.8. The molecular formula is C8H14N2O2S. The summed E-state index contributed by atoms with van der Waals surface area (Å²) >= 11 is 1.48. The van der Waals surface area contributed by atoms with E-state index in [0.717, 1.165) is 0 Å². The number of methoxy groups -OCH3 is 1. The summed E-state index contributed by atoms with van der Waals surface area (Å²) in [6.45, 7) is 1.81. The van der Waals surface area contributed by atoms with Crippen LogP contribution in [0.5, 0.6) is 0 Å². The molecule has 0 aromatic rings. The molecular weight excluding hydrogens is 188 g/mol. The van der Waals surface area contributed by atoms with Gasteiger partial charge in [0.05, 0.1) is 18.4 Å². The molecule has 0 aromatic heterocycles. The molecule has 0 amide bonds. The molecule has 2 unspecified atom stereocenters. The molecule has 74 valence electrons. The molecule has 2 atom stereocenters. The van der Waals surface area contributed by atoms with Crippen molar-refractivity contribution in [1.82, 2.24) is 0 Å². The van der Waals surface area contributed by atoms with Crippen LogP contribution in [0.15, 0.2) is 0 Å². The quantitative estimate of drug-likeness (QED) is 0.658. The van der Waals surface area contributed by atoms with E-state index in [0.29, 0.717) is 12.2 Å². The molecule has 0 saturated heterocycles. The zero-order valence-electron chi connectivity index (χ0n) is 7.82. The van der Waals surface area contributed by atoms with Gasteiger partial charge in [0.2, 0.25) is 0 Å². The zero-order valence-corrected chi connectivity index (χ0v) is 8.63. The van der Waals surface area contributed by atoms with Crippen LogP contribution in [0, 0.1) is 11.3 Å². The molecule has 4 nitrogen and oxygen atoms in total. The molecule has 5 heteroatoms. The van der Waals surface area contributed by atoms with Gasteiger partial charge in [0, 0.05) is 0 Å². The maximum Gasteiger partial charge on any atom is 0.322 e. The Morgan fingerprint density at radius 3 is 2.85 bits per heavy atom. The second-order valence-electron chi connectivity index (χ2n) is 2.56. The topological polar surface area (TPSA) is 76.1 Å². The largest absolute Gasteiger partial charge is 0.468 e. The van der Waals surface area contributed by atoms with Gasteiger partial charge >= 0.3 is 5.97 Å². The summed E-state index contributed by atoms with van der Waals surface area (Å²) in [6.07, 6.45) is 0.545. The van der Waals surface area contributed by atoms with Crippen LogP contribution >= 0.6 is 11.8 Å². The highest BCUT2D eigenvalue weighted by Gasteiger charge is 2.13. The zero-order chi connectivity index (χ0) is 10.3. The first-order valence-corrected chi connectivity index (χ1v) is 5.01. The smallest absolute Gasteiger partial charge is 0.322 e. The molecule has 0 radical (unpaired) electrons. The highest BCUT2D eigenvalue weighted by molar-refractivity contribution is 8.00. The predicted octanol–water partition coefficient (Wildman–Crippen LogP) is 0.522. The molecule has 0 fully saturated rings. The SMILES string of the molecule is COC(=O)C(N)CCSC(C)C#N. The minimum absolute atomic E-state index is 0.0511. The minimum Gasteiger partial charge on any atom is -0.468 e. The molecule has 0 spiro atoms. The molecule has 13 heavy (non-hydrogen) atoms. The van der Waals surface area contributed by atoms with Gasteiger partial charge in [0.1, 0.15) is 6.04 Å². The van der Waals surface area contributed by atoms with Crippen LogP contribution in [0.1, 0.15) is 13.3 Å². The number of esters is 1. The summed E-state index contributed by atoms with van der Waals surface area (Å²) in [7, 11) is 1.31. The molecule has 0 saturated carbocycles. The number of hydrogen-bond donors (Lipinski definition) is 1. The minimum atomic E-state index is -0.566. The Morgan fingerprint density at radius 1 is 1.77 bits per heavy atom. The number of ether oxygens (including phenoxy) is 1. The number of nitriles is 1. The Kier molecular flexibility index (Phi) is 6.37. The van der Waals surface area contributed by atoms with Crippen LogP contribution < -0.4 is 5.73 Å². The van der Waals surface area contributed by atoms with Gasteiger partial charge in [0.25, 0.3) is 0 Å². The Bertz CT molecular complexity index is 203. The van der Waals surface area contributed by atoms with Gasteiger partial charge in [-0.25, -0.2) is 0 Å². The lowest BCUT2D eigenvalue weighted by atomic mass is 10.2. The van der Waals surface area contributed by atoms with Gasteiger partial charge < -0.3 is 10.5 Å². The molecule has 0 aromatic carbocycles. The van der Waals surface area contributed by atoms with Crippen molar-refractivity contribution >= 4 is 17.7 Å². The van der Waals surface area contributed by atoms with Gasteiger partial charge in [-0.2, -0.15) is 5.26 Å². The van der Waals surface area contributed by atoms with Crippen LogP contribution in [-0.4, -0.2) is 30.1 Å². The summed E-state index contributed by atoms with van der Waals surface area (Å²) in [6, 6.07) is 1.52. The van der Waals surface area contributed by atoms with Crippen molar-refractivity contribution in [3.05, 3.63) is 0 Å². The number of rotatable bonds is 5. The van der Waals surface area contributed by atoms with E-state index in [1.165, 1.54) is 18.9 Å². The van der Waals surface area contributed by atoms with E-state index in [-0.39, 0.29) is 5.25 Å². The molecule has 0 aliphatic carbocycles. The lowest BCUT2D eigenvalue weighted by Gasteiger charge is -2.08. The third-order valence-electron chi connectivity index (χ3n) is 1.48. The predicted molar refractivity (Wildman–Crippen MR) is 52.1 cm³/mol. The highest BCUT2D eigenvalue weighted by atomic mass is 32.2. The molecule has 0 bridgehead atoms. The van der Waals surface area contributed by atoms with Gasteiger partial charge in [-0.3, -0.25) is 4.79 Å². The van der Waals surface area contributed by atoms with Crippen molar-refractivity contribution in [2.75, 3.05) is 12.9 Å². The van der Waals surface area contributed by atoms with E-state index in [4.69, 9.17) is 11.0 Å². The fourth-order valence-electron chi connectivity index (χ4n) is 0.678. The first-order valence-electron chi connectivity index (χ1n) is 3.96. The Balaban J connectivity index is 3.54. The number of nitrogens with two attached hydrogens (primary N) is 1. The number of thioether (sulfide) groups is 1. The molecule has 2 N–H and O–H groups in total. The normalized spacial score (nSPS) is 14.3. The van der Waals surface area contributed by atoms with Crippen molar-refractivity contribution in [2.24, 2.45) is 5.73 Å². The Morgan fingerprint density at radius 2 is 2.38 bits per heavy atom. The van der Waals surface area contributed by atoms with Crippen molar-refractivity contribution < 1.29 is 9.53 Å². The van der Waals surface area contributed by atoms with Crippen molar-refractivity contribution in [3.8, 4) is 6.07 Å². The fourth-order valence-corrected chi connectivity index (χ4v) is 1.50. The average Bonchev–Trinajstić information content (AvgIpc) is 2.15. The summed E-state index contributed by atoms with van der Waals surface area (Å²) in [5.41, 5.74) is 5.48. The second-order valence-corrected chi connectivity index (χ2v) is 4.01. The van der Waals surface area contributed by atoms with Crippen LogP contribution in [0.25, 0.3) is 0 Å². The van der Waals surface area contributed by atoms with Crippen molar-refractivity contribution in [3.63, 3.8) is 0 Å². The Hall–Kier alpha value is -0.730. The number of hydrogen-bond acceptors (Lipinski definition) is 5. The van der Waals surface area contributed by atoms with Gasteiger partial charge in [0.15, 0.2) is 0 Å². The van der Waals surface area contributed by atoms with E-state index < -0.39 is 12.0 Å². The van der Waals surface area contributed by atoms with Crippen LogP contribution in [0.4, 0.5) is 0 Å². The fraction of sp³-hybridized carbons (Fsp3) is 0.750. The van der Waals surface area contributed by atoms with E-state index in [1.54, 1.807) is 0 Å².